The van der Waals surface area contributed by atoms with E-state index in [1.54, 1.807) is 11.6 Å². The Morgan fingerprint density at radius 1 is 1.48 bits per heavy atom. The van der Waals surface area contributed by atoms with Crippen molar-refractivity contribution in [3.8, 4) is 0 Å². The Morgan fingerprint density at radius 2 is 2.24 bits per heavy atom. The highest BCUT2D eigenvalue weighted by Gasteiger charge is 2.29. The van der Waals surface area contributed by atoms with Gasteiger partial charge in [-0.05, 0) is 46.1 Å². The summed E-state index contributed by atoms with van der Waals surface area (Å²) in [7, 11) is 0. The standard InChI is InChI=1S/C16H27N3O2/c1-4-19-15(10-12(2)17-19)16(21)18-9-7-5-6-8-14(18)11-13(3)20/h10,13-14,20H,4-9,11H2,1-3H3. The fourth-order valence-electron chi connectivity index (χ4n) is 3.19. The largest absolute Gasteiger partial charge is 0.393 e. The molecule has 21 heavy (non-hydrogen) atoms. The van der Waals surface area contributed by atoms with Crippen LogP contribution >= 0.6 is 0 Å². The predicted octanol–water partition coefficient (Wildman–Crippen LogP) is 2.37. The highest BCUT2D eigenvalue weighted by Crippen LogP contribution is 2.23. The number of aliphatic hydroxyl groups excluding tert-OH is 1. The molecule has 1 N–H and O–H groups in total. The van der Waals surface area contributed by atoms with E-state index >= 15 is 0 Å². The number of aliphatic hydroxyl groups is 1. The molecule has 0 saturated carbocycles. The molecule has 1 aromatic rings. The van der Waals surface area contributed by atoms with E-state index in [0.717, 1.165) is 37.9 Å². The second-order valence-corrected chi connectivity index (χ2v) is 6.07. The van der Waals surface area contributed by atoms with Crippen LogP contribution in [-0.4, -0.2) is 44.4 Å². The summed E-state index contributed by atoms with van der Waals surface area (Å²) >= 11 is 0. The van der Waals surface area contributed by atoms with Crippen LogP contribution < -0.4 is 0 Å². The van der Waals surface area contributed by atoms with Crippen molar-refractivity contribution in [2.24, 2.45) is 0 Å². The van der Waals surface area contributed by atoms with Gasteiger partial charge in [0.05, 0.1) is 11.8 Å². The lowest BCUT2D eigenvalue weighted by Gasteiger charge is -2.31. The third-order valence-electron chi connectivity index (χ3n) is 4.17. The number of carbonyl (C=O) groups excluding carboxylic acids is 1. The quantitative estimate of drug-likeness (QED) is 0.927. The van der Waals surface area contributed by atoms with Gasteiger partial charge in [0.15, 0.2) is 0 Å². The van der Waals surface area contributed by atoms with Crippen LogP contribution in [0.25, 0.3) is 0 Å². The number of aromatic nitrogens is 2. The predicted molar refractivity (Wildman–Crippen MR) is 82.2 cm³/mol. The number of hydrogen-bond acceptors (Lipinski definition) is 3. The maximum Gasteiger partial charge on any atom is 0.272 e. The first-order valence-corrected chi connectivity index (χ1v) is 8.06. The Kier molecular flexibility index (Phi) is 5.39. The molecule has 1 amide bonds. The highest BCUT2D eigenvalue weighted by molar-refractivity contribution is 5.93. The molecular weight excluding hydrogens is 266 g/mol. The summed E-state index contributed by atoms with van der Waals surface area (Å²) < 4.78 is 1.78. The Morgan fingerprint density at radius 3 is 2.90 bits per heavy atom. The van der Waals surface area contributed by atoms with Crippen LogP contribution in [0.4, 0.5) is 0 Å². The van der Waals surface area contributed by atoms with Crippen LogP contribution in [0, 0.1) is 6.92 Å². The minimum Gasteiger partial charge on any atom is -0.393 e. The lowest BCUT2D eigenvalue weighted by Crippen LogP contribution is -2.42. The van der Waals surface area contributed by atoms with Crippen molar-refractivity contribution in [2.45, 2.75) is 71.6 Å². The molecule has 2 atom stereocenters. The summed E-state index contributed by atoms with van der Waals surface area (Å²) in [6.07, 6.45) is 4.60. The molecule has 0 radical (unpaired) electrons. The first-order valence-electron chi connectivity index (χ1n) is 8.06. The van der Waals surface area contributed by atoms with E-state index in [1.165, 1.54) is 0 Å². The highest BCUT2D eigenvalue weighted by atomic mass is 16.3. The number of aryl methyl sites for hydroxylation is 2. The second kappa shape index (κ2) is 7.07. The molecule has 0 aliphatic carbocycles. The lowest BCUT2D eigenvalue weighted by molar-refractivity contribution is 0.0595. The minimum absolute atomic E-state index is 0.0602. The molecule has 2 rings (SSSR count). The monoisotopic (exact) mass is 293 g/mol. The first-order chi connectivity index (χ1) is 10.0. The van der Waals surface area contributed by atoms with Gasteiger partial charge >= 0.3 is 0 Å². The molecule has 1 saturated heterocycles. The maximum absolute atomic E-state index is 12.9. The summed E-state index contributed by atoms with van der Waals surface area (Å²) in [5.41, 5.74) is 1.55. The maximum atomic E-state index is 12.9. The number of amides is 1. The summed E-state index contributed by atoms with van der Waals surface area (Å²) in [4.78, 5) is 14.9. The van der Waals surface area contributed by atoms with Crippen molar-refractivity contribution in [1.29, 1.82) is 0 Å². The molecule has 0 bridgehead atoms. The average Bonchev–Trinajstić information content (AvgIpc) is 2.66. The number of hydrogen-bond donors (Lipinski definition) is 1. The van der Waals surface area contributed by atoms with Crippen LogP contribution in [0.3, 0.4) is 0 Å². The summed E-state index contributed by atoms with van der Waals surface area (Å²) in [6, 6.07) is 2.01. The van der Waals surface area contributed by atoms with Gasteiger partial charge in [-0.1, -0.05) is 12.8 Å². The third kappa shape index (κ3) is 3.84. The normalized spacial score (nSPS) is 21.1. The molecule has 5 nitrogen and oxygen atoms in total. The Hall–Kier alpha value is -1.36. The van der Waals surface area contributed by atoms with Gasteiger partial charge in [0.2, 0.25) is 0 Å². The molecule has 1 aromatic heterocycles. The van der Waals surface area contributed by atoms with Gasteiger partial charge in [0.1, 0.15) is 5.69 Å². The van der Waals surface area contributed by atoms with Crippen LogP contribution in [0.15, 0.2) is 6.07 Å². The molecule has 2 heterocycles. The SMILES string of the molecule is CCn1nc(C)cc1C(=O)N1CCCCCC1CC(C)O. The van der Waals surface area contributed by atoms with Crippen molar-refractivity contribution in [3.63, 3.8) is 0 Å². The smallest absolute Gasteiger partial charge is 0.272 e. The number of nitrogens with zero attached hydrogens (tertiary/aromatic N) is 3. The topological polar surface area (TPSA) is 58.4 Å². The Bertz CT molecular complexity index is 482. The van der Waals surface area contributed by atoms with Gasteiger partial charge in [-0.2, -0.15) is 5.10 Å². The van der Waals surface area contributed by atoms with Gasteiger partial charge in [-0.25, -0.2) is 0 Å². The number of rotatable bonds is 4. The molecule has 0 spiro atoms. The molecule has 5 heteroatoms. The van der Waals surface area contributed by atoms with Gasteiger partial charge in [0, 0.05) is 19.1 Å². The van der Waals surface area contributed by atoms with E-state index in [-0.39, 0.29) is 18.1 Å². The van der Waals surface area contributed by atoms with Crippen LogP contribution in [0.5, 0.6) is 0 Å². The van der Waals surface area contributed by atoms with E-state index in [0.29, 0.717) is 18.7 Å². The van der Waals surface area contributed by atoms with Crippen molar-refractivity contribution in [3.05, 3.63) is 17.5 Å². The fourth-order valence-corrected chi connectivity index (χ4v) is 3.19. The molecule has 118 valence electrons. The van der Waals surface area contributed by atoms with Gasteiger partial charge in [-0.3, -0.25) is 9.48 Å². The van der Waals surface area contributed by atoms with Crippen molar-refractivity contribution in [1.82, 2.24) is 14.7 Å². The van der Waals surface area contributed by atoms with Gasteiger partial charge in [-0.15, -0.1) is 0 Å². The van der Waals surface area contributed by atoms with E-state index < -0.39 is 0 Å². The van der Waals surface area contributed by atoms with Crippen molar-refractivity contribution in [2.75, 3.05) is 6.54 Å². The number of likely N-dealkylation sites (tertiary alicyclic amines) is 1. The lowest BCUT2D eigenvalue weighted by atomic mass is 10.0. The van der Waals surface area contributed by atoms with E-state index in [9.17, 15) is 9.90 Å². The molecule has 1 fully saturated rings. The van der Waals surface area contributed by atoms with Crippen molar-refractivity contribution >= 4 is 5.91 Å². The van der Waals surface area contributed by atoms with E-state index in [4.69, 9.17) is 0 Å². The molecule has 0 aromatic carbocycles. The first kappa shape index (κ1) is 16.0. The molecule has 2 unspecified atom stereocenters. The minimum atomic E-state index is -0.374. The van der Waals surface area contributed by atoms with Crippen LogP contribution in [0.1, 0.15) is 62.1 Å². The van der Waals surface area contributed by atoms with Crippen LogP contribution in [-0.2, 0) is 6.54 Å². The Balaban J connectivity index is 2.24. The van der Waals surface area contributed by atoms with Gasteiger partial charge in [0.25, 0.3) is 5.91 Å². The summed E-state index contributed by atoms with van der Waals surface area (Å²) in [5, 5.41) is 14.1. The van der Waals surface area contributed by atoms with Crippen LogP contribution in [0.2, 0.25) is 0 Å². The summed E-state index contributed by atoms with van der Waals surface area (Å²) in [6.45, 7) is 7.19. The average molecular weight is 293 g/mol. The Labute approximate surface area is 126 Å². The zero-order valence-corrected chi connectivity index (χ0v) is 13.4. The molecule has 1 aliphatic rings. The third-order valence-corrected chi connectivity index (χ3v) is 4.17. The zero-order valence-electron chi connectivity index (χ0n) is 13.4. The van der Waals surface area contributed by atoms with E-state index in [1.807, 2.05) is 24.8 Å². The van der Waals surface area contributed by atoms with Crippen molar-refractivity contribution < 1.29 is 9.90 Å². The number of carbonyl (C=O) groups is 1. The van der Waals surface area contributed by atoms with Gasteiger partial charge < -0.3 is 10.0 Å². The fraction of sp³-hybridized carbons (Fsp3) is 0.750. The molecular formula is C16H27N3O2. The summed E-state index contributed by atoms with van der Waals surface area (Å²) in [5.74, 6) is 0.0602. The second-order valence-electron chi connectivity index (χ2n) is 6.07. The van der Waals surface area contributed by atoms with E-state index in [2.05, 4.69) is 5.10 Å². The zero-order chi connectivity index (χ0) is 15.4. The molecule has 1 aliphatic heterocycles.